The van der Waals surface area contributed by atoms with Gasteiger partial charge in [0.25, 0.3) is 5.69 Å². The largest absolute Gasteiger partial charge is 0.494 e. The summed E-state index contributed by atoms with van der Waals surface area (Å²) in [5.74, 6) is 1.06. The van der Waals surface area contributed by atoms with Crippen molar-refractivity contribution in [1.82, 2.24) is 0 Å². The van der Waals surface area contributed by atoms with Crippen LogP contribution in [0.25, 0.3) is 0 Å². The zero-order valence-electron chi connectivity index (χ0n) is 11.8. The molecule has 0 aromatic heterocycles. The number of hydrogen-bond donors (Lipinski definition) is 1. The Bertz CT molecular complexity index is 474. The first kappa shape index (κ1) is 14.6. The number of hydrogen-bond acceptors (Lipinski definition) is 5. The Hall–Kier alpha value is -1.82. The molecule has 0 aliphatic heterocycles. The quantitative estimate of drug-likeness (QED) is 0.585. The van der Waals surface area contributed by atoms with Gasteiger partial charge in [-0.15, -0.1) is 0 Å². The highest BCUT2D eigenvalue weighted by Crippen LogP contribution is 2.37. The van der Waals surface area contributed by atoms with Crippen LogP contribution in [0.3, 0.4) is 0 Å². The van der Waals surface area contributed by atoms with E-state index in [1.165, 1.54) is 6.07 Å². The highest BCUT2D eigenvalue weighted by Gasteiger charge is 2.32. The van der Waals surface area contributed by atoms with Gasteiger partial charge in [0.2, 0.25) is 0 Å². The van der Waals surface area contributed by atoms with Crippen LogP contribution in [-0.4, -0.2) is 31.3 Å². The van der Waals surface area contributed by atoms with Crippen molar-refractivity contribution < 1.29 is 14.4 Å². The van der Waals surface area contributed by atoms with Gasteiger partial charge in [-0.2, -0.15) is 0 Å². The minimum atomic E-state index is -0.387. The zero-order chi connectivity index (χ0) is 14.5. The van der Waals surface area contributed by atoms with E-state index < -0.39 is 0 Å². The van der Waals surface area contributed by atoms with Crippen molar-refractivity contribution in [2.24, 2.45) is 5.92 Å². The van der Waals surface area contributed by atoms with Crippen LogP contribution in [0.5, 0.6) is 5.75 Å². The van der Waals surface area contributed by atoms with Crippen LogP contribution in [-0.2, 0) is 4.74 Å². The first-order valence-corrected chi connectivity index (χ1v) is 6.82. The summed E-state index contributed by atoms with van der Waals surface area (Å²) in [5.41, 5.74) is 0.560. The molecule has 1 aromatic rings. The molecule has 1 saturated carbocycles. The Kier molecular flexibility index (Phi) is 4.79. The molecule has 110 valence electrons. The second-order valence-corrected chi connectivity index (χ2v) is 4.91. The van der Waals surface area contributed by atoms with E-state index >= 15 is 0 Å². The molecular weight excluding hydrogens is 260 g/mol. The van der Waals surface area contributed by atoms with E-state index in [0.717, 1.165) is 12.8 Å². The van der Waals surface area contributed by atoms with Crippen LogP contribution in [0.15, 0.2) is 18.2 Å². The van der Waals surface area contributed by atoms with Gasteiger partial charge in [0.15, 0.2) is 0 Å². The molecule has 0 bridgehead atoms. The van der Waals surface area contributed by atoms with E-state index in [-0.39, 0.29) is 16.7 Å². The molecule has 1 aliphatic rings. The average molecular weight is 280 g/mol. The Morgan fingerprint density at radius 2 is 2.25 bits per heavy atom. The normalized spacial score (nSPS) is 15.7. The highest BCUT2D eigenvalue weighted by molar-refractivity contribution is 5.64. The number of anilines is 1. The summed E-state index contributed by atoms with van der Waals surface area (Å²) in [5, 5.41) is 14.4. The lowest BCUT2D eigenvalue weighted by atomic mass is 10.1. The molecule has 0 heterocycles. The van der Waals surface area contributed by atoms with Gasteiger partial charge in [-0.1, -0.05) is 0 Å². The maximum absolute atomic E-state index is 11.2. The Morgan fingerprint density at radius 1 is 1.50 bits per heavy atom. The lowest BCUT2D eigenvalue weighted by Crippen LogP contribution is -2.27. The summed E-state index contributed by atoms with van der Waals surface area (Å²) in [4.78, 5) is 10.8. The maximum Gasteiger partial charge on any atom is 0.296 e. The van der Waals surface area contributed by atoms with E-state index in [4.69, 9.17) is 9.47 Å². The molecule has 6 heteroatoms. The van der Waals surface area contributed by atoms with Gasteiger partial charge >= 0.3 is 0 Å². The van der Waals surface area contributed by atoms with Crippen LogP contribution >= 0.6 is 0 Å². The van der Waals surface area contributed by atoms with Gasteiger partial charge < -0.3 is 14.8 Å². The molecule has 0 spiro atoms. The third-order valence-electron chi connectivity index (χ3n) is 3.36. The van der Waals surface area contributed by atoms with E-state index in [2.05, 4.69) is 5.32 Å². The number of nitrogens with one attached hydrogen (secondary N) is 1. The molecule has 1 unspecified atom stereocenters. The maximum atomic E-state index is 11.2. The number of nitro benzene ring substituents is 1. The van der Waals surface area contributed by atoms with Gasteiger partial charge in [-0.05, 0) is 37.8 Å². The molecular formula is C14H20N2O4. The van der Waals surface area contributed by atoms with Crippen LogP contribution < -0.4 is 10.1 Å². The molecule has 1 atom stereocenters. The van der Waals surface area contributed by atoms with Crippen LogP contribution in [0.2, 0.25) is 0 Å². The number of nitro groups is 1. The van der Waals surface area contributed by atoms with Gasteiger partial charge in [0, 0.05) is 7.11 Å². The lowest BCUT2D eigenvalue weighted by Gasteiger charge is -2.18. The van der Waals surface area contributed by atoms with Gasteiger partial charge in [0.1, 0.15) is 11.4 Å². The fourth-order valence-electron chi connectivity index (χ4n) is 2.21. The van der Waals surface area contributed by atoms with E-state index in [1.54, 1.807) is 19.2 Å². The summed E-state index contributed by atoms with van der Waals surface area (Å²) < 4.78 is 10.5. The Morgan fingerprint density at radius 3 is 2.80 bits per heavy atom. The Labute approximate surface area is 118 Å². The number of benzene rings is 1. The SMILES string of the molecule is CCOc1ccc(NC(COC)C2CC2)c([N+](=O)[O-])c1. The summed E-state index contributed by atoms with van der Waals surface area (Å²) in [7, 11) is 1.64. The second kappa shape index (κ2) is 6.56. The molecule has 1 aromatic carbocycles. The van der Waals surface area contributed by atoms with E-state index in [9.17, 15) is 10.1 Å². The topological polar surface area (TPSA) is 73.6 Å². The van der Waals surface area contributed by atoms with E-state index in [1.807, 2.05) is 6.92 Å². The first-order valence-electron chi connectivity index (χ1n) is 6.82. The molecule has 0 radical (unpaired) electrons. The minimum absolute atomic E-state index is 0.0395. The van der Waals surface area contributed by atoms with Crippen molar-refractivity contribution in [1.29, 1.82) is 0 Å². The van der Waals surface area contributed by atoms with Gasteiger partial charge in [0.05, 0.1) is 30.2 Å². The molecule has 0 saturated heterocycles. The van der Waals surface area contributed by atoms with Gasteiger partial charge in [-0.25, -0.2) is 0 Å². The molecule has 1 fully saturated rings. The summed E-state index contributed by atoms with van der Waals surface area (Å²) in [6.07, 6.45) is 2.29. The minimum Gasteiger partial charge on any atom is -0.494 e. The average Bonchev–Trinajstić information content (AvgIpc) is 3.24. The standard InChI is InChI=1S/C14H20N2O4/c1-3-20-11-6-7-12(14(8-11)16(17)18)15-13(9-19-2)10-4-5-10/h6-8,10,13,15H,3-5,9H2,1-2H3. The molecule has 6 nitrogen and oxygen atoms in total. The van der Waals surface area contributed by atoms with Crippen LogP contribution in [0, 0.1) is 16.0 Å². The first-order chi connectivity index (χ1) is 9.65. The highest BCUT2D eigenvalue weighted by atomic mass is 16.6. The fourth-order valence-corrected chi connectivity index (χ4v) is 2.21. The fraction of sp³-hybridized carbons (Fsp3) is 0.571. The molecule has 2 rings (SSSR count). The van der Waals surface area contributed by atoms with Crippen molar-refractivity contribution >= 4 is 11.4 Å². The summed E-state index contributed by atoms with van der Waals surface area (Å²) in [6, 6.07) is 5.03. The lowest BCUT2D eigenvalue weighted by molar-refractivity contribution is -0.384. The number of rotatable bonds is 8. The molecule has 1 N–H and O–H groups in total. The Balaban J connectivity index is 2.18. The van der Waals surface area contributed by atoms with Crippen molar-refractivity contribution in [2.75, 3.05) is 25.6 Å². The predicted octanol–water partition coefficient (Wildman–Crippen LogP) is 2.83. The molecule has 0 amide bonds. The van der Waals surface area contributed by atoms with E-state index in [0.29, 0.717) is 30.6 Å². The third kappa shape index (κ3) is 3.60. The molecule has 20 heavy (non-hydrogen) atoms. The molecule has 1 aliphatic carbocycles. The number of nitrogens with zero attached hydrogens (tertiary/aromatic N) is 1. The van der Waals surface area contributed by atoms with Crippen LogP contribution in [0.1, 0.15) is 19.8 Å². The zero-order valence-corrected chi connectivity index (χ0v) is 11.8. The van der Waals surface area contributed by atoms with Crippen molar-refractivity contribution in [3.8, 4) is 5.75 Å². The third-order valence-corrected chi connectivity index (χ3v) is 3.36. The predicted molar refractivity (Wildman–Crippen MR) is 76.3 cm³/mol. The summed E-state index contributed by atoms with van der Waals surface area (Å²) >= 11 is 0. The second-order valence-electron chi connectivity index (χ2n) is 4.91. The number of ether oxygens (including phenoxy) is 2. The number of methoxy groups -OCH3 is 1. The van der Waals surface area contributed by atoms with Crippen LogP contribution in [0.4, 0.5) is 11.4 Å². The summed E-state index contributed by atoms with van der Waals surface area (Å²) in [6.45, 7) is 2.88. The monoisotopic (exact) mass is 280 g/mol. The van der Waals surface area contributed by atoms with Crippen molar-refractivity contribution in [2.45, 2.75) is 25.8 Å². The van der Waals surface area contributed by atoms with Gasteiger partial charge in [-0.3, -0.25) is 10.1 Å². The van der Waals surface area contributed by atoms with Crippen molar-refractivity contribution in [3.63, 3.8) is 0 Å². The van der Waals surface area contributed by atoms with Crippen molar-refractivity contribution in [3.05, 3.63) is 28.3 Å². The smallest absolute Gasteiger partial charge is 0.296 e.